The van der Waals surface area contributed by atoms with Crippen molar-refractivity contribution in [3.63, 3.8) is 0 Å². The quantitative estimate of drug-likeness (QED) is 0.841. The van der Waals surface area contributed by atoms with Gasteiger partial charge in [-0.2, -0.15) is 0 Å². The number of rotatable bonds is 4. The lowest BCUT2D eigenvalue weighted by atomic mass is 10.3. The van der Waals surface area contributed by atoms with E-state index in [0.29, 0.717) is 5.75 Å². The fourth-order valence-electron chi connectivity index (χ4n) is 2.24. The van der Waals surface area contributed by atoms with E-state index in [1.165, 1.54) is 25.5 Å². The minimum Gasteiger partial charge on any atom is -0.495 e. The zero-order valence-electron chi connectivity index (χ0n) is 11.6. The fraction of sp³-hybridized carbons (Fsp3) is 0.538. The molecule has 2 rings (SSSR count). The molecular weight excluding hydrogens is 264 g/mol. The Kier molecular flexibility index (Phi) is 4.01. The molecule has 0 saturated carbocycles. The topological polar surface area (TPSA) is 49.9 Å². The SMILES string of the molecule is COc1ccc(N2CCCC2)cc1S(=O)(=O)N(C)C. The summed E-state index contributed by atoms with van der Waals surface area (Å²) in [5.74, 6) is 0.386. The number of ether oxygens (including phenoxy) is 1. The zero-order valence-corrected chi connectivity index (χ0v) is 12.4. The molecule has 1 saturated heterocycles. The molecule has 0 aromatic heterocycles. The molecule has 5 nitrogen and oxygen atoms in total. The molecule has 1 aliphatic rings. The van der Waals surface area contributed by atoms with Crippen molar-refractivity contribution in [1.29, 1.82) is 0 Å². The van der Waals surface area contributed by atoms with Crippen LogP contribution < -0.4 is 9.64 Å². The average Bonchev–Trinajstić information content (AvgIpc) is 2.91. The first-order chi connectivity index (χ1) is 8.96. The molecule has 1 fully saturated rings. The summed E-state index contributed by atoms with van der Waals surface area (Å²) < 4.78 is 31.0. The summed E-state index contributed by atoms with van der Waals surface area (Å²) in [4.78, 5) is 2.43. The molecule has 106 valence electrons. The number of sulfonamides is 1. The van der Waals surface area contributed by atoms with Gasteiger partial charge in [-0.1, -0.05) is 0 Å². The maximum absolute atomic E-state index is 12.3. The molecule has 1 aromatic carbocycles. The van der Waals surface area contributed by atoms with Crippen molar-refractivity contribution in [3.8, 4) is 5.75 Å². The number of anilines is 1. The maximum atomic E-state index is 12.3. The van der Waals surface area contributed by atoms with E-state index >= 15 is 0 Å². The smallest absolute Gasteiger partial charge is 0.246 e. The van der Waals surface area contributed by atoms with E-state index in [2.05, 4.69) is 4.90 Å². The minimum atomic E-state index is -3.49. The molecule has 0 amide bonds. The van der Waals surface area contributed by atoms with Gasteiger partial charge in [-0.15, -0.1) is 0 Å². The van der Waals surface area contributed by atoms with Gasteiger partial charge < -0.3 is 9.64 Å². The summed E-state index contributed by atoms with van der Waals surface area (Å²) in [6, 6.07) is 5.35. The number of hydrogen-bond acceptors (Lipinski definition) is 4. The Balaban J connectivity index is 2.48. The van der Waals surface area contributed by atoms with Gasteiger partial charge >= 0.3 is 0 Å². The summed E-state index contributed by atoms with van der Waals surface area (Å²) in [5.41, 5.74) is 0.943. The summed E-state index contributed by atoms with van der Waals surface area (Å²) >= 11 is 0. The number of methoxy groups -OCH3 is 1. The Morgan fingerprint density at radius 1 is 1.21 bits per heavy atom. The first-order valence-corrected chi connectivity index (χ1v) is 7.76. The van der Waals surface area contributed by atoms with Crippen LogP contribution in [0.3, 0.4) is 0 Å². The normalized spacial score (nSPS) is 16.1. The maximum Gasteiger partial charge on any atom is 0.246 e. The van der Waals surface area contributed by atoms with Crippen molar-refractivity contribution < 1.29 is 13.2 Å². The van der Waals surface area contributed by atoms with Crippen molar-refractivity contribution in [2.45, 2.75) is 17.7 Å². The fourth-order valence-corrected chi connectivity index (χ4v) is 3.30. The van der Waals surface area contributed by atoms with E-state index in [9.17, 15) is 8.42 Å². The van der Waals surface area contributed by atoms with E-state index in [-0.39, 0.29) is 4.90 Å². The molecule has 6 heteroatoms. The predicted octanol–water partition coefficient (Wildman–Crippen LogP) is 1.55. The summed E-state index contributed by atoms with van der Waals surface area (Å²) in [5, 5.41) is 0. The molecule has 0 aliphatic carbocycles. The van der Waals surface area contributed by atoms with Crippen molar-refractivity contribution >= 4 is 15.7 Å². The van der Waals surface area contributed by atoms with E-state index in [1.54, 1.807) is 12.1 Å². The van der Waals surface area contributed by atoms with Gasteiger partial charge in [-0.3, -0.25) is 0 Å². The van der Waals surface area contributed by atoms with Crippen LogP contribution >= 0.6 is 0 Å². The Hall–Kier alpha value is -1.27. The minimum absolute atomic E-state index is 0.226. The van der Waals surface area contributed by atoms with Crippen LogP contribution in [-0.4, -0.2) is 47.0 Å². The summed E-state index contributed by atoms with van der Waals surface area (Å²) in [7, 11) is 1.05. The highest BCUT2D eigenvalue weighted by atomic mass is 32.2. The lowest BCUT2D eigenvalue weighted by Gasteiger charge is -2.21. The average molecular weight is 284 g/mol. The lowest BCUT2D eigenvalue weighted by Crippen LogP contribution is -2.24. The van der Waals surface area contributed by atoms with Crippen LogP contribution in [0.15, 0.2) is 23.1 Å². The number of nitrogens with zero attached hydrogens (tertiary/aromatic N) is 2. The van der Waals surface area contributed by atoms with Crippen molar-refractivity contribution in [1.82, 2.24) is 4.31 Å². The van der Waals surface area contributed by atoms with Gasteiger partial charge in [0.05, 0.1) is 7.11 Å². The molecule has 1 aliphatic heterocycles. The molecule has 19 heavy (non-hydrogen) atoms. The van der Waals surface area contributed by atoms with Crippen molar-refractivity contribution in [3.05, 3.63) is 18.2 Å². The molecule has 0 N–H and O–H groups in total. The van der Waals surface area contributed by atoms with Crippen LogP contribution in [0.4, 0.5) is 5.69 Å². The second-order valence-corrected chi connectivity index (χ2v) is 6.94. The van der Waals surface area contributed by atoms with Gasteiger partial charge in [0.1, 0.15) is 10.6 Å². The first-order valence-electron chi connectivity index (χ1n) is 6.32. The van der Waals surface area contributed by atoms with Gasteiger partial charge in [0.25, 0.3) is 0 Å². The Bertz CT molecular complexity index is 549. The second kappa shape index (κ2) is 5.38. The molecule has 1 aromatic rings. The van der Waals surface area contributed by atoms with Crippen LogP contribution in [0.5, 0.6) is 5.75 Å². The highest BCUT2D eigenvalue weighted by Gasteiger charge is 2.24. The molecule has 0 spiro atoms. The summed E-state index contributed by atoms with van der Waals surface area (Å²) in [6.07, 6.45) is 2.31. The van der Waals surface area contributed by atoms with Crippen LogP contribution in [0.25, 0.3) is 0 Å². The number of hydrogen-bond donors (Lipinski definition) is 0. The number of benzene rings is 1. The van der Waals surface area contributed by atoms with Gasteiger partial charge in [0, 0.05) is 32.9 Å². The van der Waals surface area contributed by atoms with Gasteiger partial charge in [0.2, 0.25) is 10.0 Å². The Morgan fingerprint density at radius 2 is 1.84 bits per heavy atom. The van der Waals surface area contributed by atoms with E-state index in [1.807, 2.05) is 6.07 Å². The first kappa shape index (κ1) is 14.1. The lowest BCUT2D eigenvalue weighted by molar-refractivity contribution is 0.400. The third-order valence-electron chi connectivity index (χ3n) is 3.38. The van der Waals surface area contributed by atoms with Crippen LogP contribution in [-0.2, 0) is 10.0 Å². The van der Waals surface area contributed by atoms with Gasteiger partial charge in [-0.05, 0) is 31.0 Å². The molecule has 1 heterocycles. The molecule has 0 unspecified atom stereocenters. The Labute approximate surface area is 114 Å². The van der Waals surface area contributed by atoms with E-state index < -0.39 is 10.0 Å². The molecule has 0 radical (unpaired) electrons. The van der Waals surface area contributed by atoms with Crippen LogP contribution in [0.2, 0.25) is 0 Å². The Morgan fingerprint density at radius 3 is 2.37 bits per heavy atom. The van der Waals surface area contributed by atoms with Crippen molar-refractivity contribution in [2.75, 3.05) is 39.2 Å². The second-order valence-electron chi connectivity index (χ2n) is 4.82. The van der Waals surface area contributed by atoms with Gasteiger partial charge in [-0.25, -0.2) is 12.7 Å². The monoisotopic (exact) mass is 284 g/mol. The van der Waals surface area contributed by atoms with Crippen LogP contribution in [0, 0.1) is 0 Å². The van der Waals surface area contributed by atoms with Crippen molar-refractivity contribution in [2.24, 2.45) is 0 Å². The molecular formula is C13H20N2O3S. The van der Waals surface area contributed by atoms with E-state index in [4.69, 9.17) is 4.74 Å². The highest BCUT2D eigenvalue weighted by molar-refractivity contribution is 7.89. The molecule has 0 bridgehead atoms. The highest BCUT2D eigenvalue weighted by Crippen LogP contribution is 2.31. The van der Waals surface area contributed by atoms with Gasteiger partial charge in [0.15, 0.2) is 0 Å². The standard InChI is InChI=1S/C13H20N2O3S/c1-14(2)19(16,17)13-10-11(6-7-12(13)18-3)15-8-4-5-9-15/h6-7,10H,4-5,8-9H2,1-3H3. The largest absolute Gasteiger partial charge is 0.495 e. The third-order valence-corrected chi connectivity index (χ3v) is 5.21. The van der Waals surface area contributed by atoms with E-state index in [0.717, 1.165) is 31.6 Å². The van der Waals surface area contributed by atoms with Crippen LogP contribution in [0.1, 0.15) is 12.8 Å². The summed E-state index contributed by atoms with van der Waals surface area (Å²) in [6.45, 7) is 1.96. The third kappa shape index (κ3) is 2.69. The predicted molar refractivity (Wildman–Crippen MR) is 75.3 cm³/mol. The molecule has 0 atom stereocenters. The zero-order chi connectivity index (χ0) is 14.0.